The second-order valence-electron chi connectivity index (χ2n) is 6.94. The Kier molecular flexibility index (Phi) is 5.10. The predicted octanol–water partition coefficient (Wildman–Crippen LogP) is 2.72. The molecule has 0 radical (unpaired) electrons. The molecule has 2 heterocycles. The summed E-state index contributed by atoms with van der Waals surface area (Å²) in [6.45, 7) is 14.6. The van der Waals surface area contributed by atoms with Crippen LogP contribution in [0.1, 0.15) is 51.9 Å². The van der Waals surface area contributed by atoms with Gasteiger partial charge >= 0.3 is 0 Å². The van der Waals surface area contributed by atoms with E-state index in [9.17, 15) is 0 Å². The number of hydrogen-bond acceptors (Lipinski definition) is 3. The Balaban J connectivity index is 2.22. The number of aryl methyl sites for hydroxylation is 2. The first-order valence-corrected chi connectivity index (χ1v) is 8.39. The van der Waals surface area contributed by atoms with E-state index in [-0.39, 0.29) is 5.54 Å². The zero-order valence-corrected chi connectivity index (χ0v) is 14.6. The second-order valence-corrected chi connectivity index (χ2v) is 6.94. The van der Waals surface area contributed by atoms with Crippen molar-refractivity contribution in [2.45, 2.75) is 65.6 Å². The van der Waals surface area contributed by atoms with Gasteiger partial charge in [0.25, 0.3) is 0 Å². The maximum atomic E-state index is 4.50. The number of aromatic nitrogens is 2. The average molecular weight is 292 g/mol. The number of rotatable bonds is 5. The molecule has 4 heteroatoms. The number of nitrogens with one attached hydrogen (secondary N) is 1. The topological polar surface area (TPSA) is 33.1 Å². The lowest BCUT2D eigenvalue weighted by Gasteiger charge is -2.50. The van der Waals surface area contributed by atoms with Crippen LogP contribution >= 0.6 is 0 Å². The molecule has 1 aromatic rings. The fraction of sp³-hybridized carbons (Fsp3) is 0.824. The van der Waals surface area contributed by atoms with E-state index in [0.29, 0.717) is 12.0 Å². The fourth-order valence-corrected chi connectivity index (χ4v) is 3.56. The van der Waals surface area contributed by atoms with Crippen molar-refractivity contribution in [3.05, 3.63) is 17.5 Å². The monoisotopic (exact) mass is 292 g/mol. The van der Waals surface area contributed by atoms with Crippen LogP contribution in [0, 0.1) is 12.8 Å². The molecule has 0 aliphatic carbocycles. The highest BCUT2D eigenvalue weighted by molar-refractivity contribution is 5.10. The van der Waals surface area contributed by atoms with E-state index in [1.54, 1.807) is 0 Å². The number of hydrogen-bond donors (Lipinski definition) is 1. The van der Waals surface area contributed by atoms with E-state index < -0.39 is 0 Å². The molecule has 21 heavy (non-hydrogen) atoms. The molecule has 1 aromatic heterocycles. The molecule has 0 spiro atoms. The van der Waals surface area contributed by atoms with Crippen LogP contribution in [0.5, 0.6) is 0 Å². The Morgan fingerprint density at radius 2 is 2.05 bits per heavy atom. The second kappa shape index (κ2) is 6.49. The fourth-order valence-electron chi connectivity index (χ4n) is 3.56. The SMILES string of the molecule is CCC1(CC)CNC(C(C)C)CN1Cc1cc(C)nn1C. The molecule has 1 N–H and O–H groups in total. The Labute approximate surface area is 129 Å². The normalized spacial score (nSPS) is 22.9. The molecule has 0 saturated carbocycles. The molecule has 1 fully saturated rings. The zero-order valence-electron chi connectivity index (χ0n) is 14.6. The predicted molar refractivity (Wildman–Crippen MR) is 88.3 cm³/mol. The van der Waals surface area contributed by atoms with Crippen molar-refractivity contribution >= 4 is 0 Å². The summed E-state index contributed by atoms with van der Waals surface area (Å²) in [5, 5.41) is 8.29. The van der Waals surface area contributed by atoms with Crippen molar-refractivity contribution in [2.24, 2.45) is 13.0 Å². The molecule has 2 rings (SSSR count). The zero-order chi connectivity index (χ0) is 15.6. The van der Waals surface area contributed by atoms with Crippen LogP contribution in [0.25, 0.3) is 0 Å². The Hall–Kier alpha value is -0.870. The largest absolute Gasteiger partial charge is 0.311 e. The minimum absolute atomic E-state index is 0.281. The van der Waals surface area contributed by atoms with Crippen LogP contribution in [0.15, 0.2) is 6.07 Å². The molecule has 1 saturated heterocycles. The molecule has 1 unspecified atom stereocenters. The Morgan fingerprint density at radius 3 is 2.52 bits per heavy atom. The standard InChI is InChI=1S/C17H32N4/c1-7-17(8-2)12-18-16(13(3)4)11-21(17)10-15-9-14(5)19-20(15)6/h9,13,16,18H,7-8,10-12H2,1-6H3. The molecule has 1 aliphatic heterocycles. The van der Waals surface area contributed by atoms with Gasteiger partial charge in [0.2, 0.25) is 0 Å². The lowest BCUT2D eigenvalue weighted by atomic mass is 9.85. The van der Waals surface area contributed by atoms with Crippen molar-refractivity contribution in [1.82, 2.24) is 20.0 Å². The van der Waals surface area contributed by atoms with Crippen LogP contribution in [-0.4, -0.2) is 39.4 Å². The lowest BCUT2D eigenvalue weighted by molar-refractivity contribution is 0.0138. The summed E-state index contributed by atoms with van der Waals surface area (Å²) in [5.41, 5.74) is 2.72. The summed E-state index contributed by atoms with van der Waals surface area (Å²) in [7, 11) is 2.06. The highest BCUT2D eigenvalue weighted by Gasteiger charge is 2.39. The van der Waals surface area contributed by atoms with Crippen LogP contribution in [0.3, 0.4) is 0 Å². The molecule has 1 aliphatic rings. The van der Waals surface area contributed by atoms with Gasteiger partial charge in [-0.3, -0.25) is 9.58 Å². The molecule has 1 atom stereocenters. The van der Waals surface area contributed by atoms with Gasteiger partial charge in [-0.05, 0) is 31.7 Å². The average Bonchev–Trinajstić information content (AvgIpc) is 2.77. The molecule has 120 valence electrons. The van der Waals surface area contributed by atoms with Gasteiger partial charge in [0, 0.05) is 38.3 Å². The van der Waals surface area contributed by atoms with E-state index in [1.807, 2.05) is 4.68 Å². The van der Waals surface area contributed by atoms with Gasteiger partial charge < -0.3 is 5.32 Å². The van der Waals surface area contributed by atoms with Crippen molar-refractivity contribution in [3.63, 3.8) is 0 Å². The minimum atomic E-state index is 0.281. The highest BCUT2D eigenvalue weighted by Crippen LogP contribution is 2.30. The van der Waals surface area contributed by atoms with E-state index in [4.69, 9.17) is 0 Å². The Bertz CT molecular complexity index is 459. The first-order valence-electron chi connectivity index (χ1n) is 8.39. The van der Waals surface area contributed by atoms with Crippen LogP contribution in [0.2, 0.25) is 0 Å². The van der Waals surface area contributed by atoms with Gasteiger partial charge in [0.1, 0.15) is 0 Å². The summed E-state index contributed by atoms with van der Waals surface area (Å²) >= 11 is 0. The van der Waals surface area contributed by atoms with E-state index in [0.717, 1.165) is 25.3 Å². The van der Waals surface area contributed by atoms with Gasteiger partial charge in [0.05, 0.1) is 11.4 Å². The molecule has 4 nitrogen and oxygen atoms in total. The quantitative estimate of drug-likeness (QED) is 0.906. The Morgan fingerprint density at radius 1 is 1.38 bits per heavy atom. The van der Waals surface area contributed by atoms with E-state index >= 15 is 0 Å². The summed E-state index contributed by atoms with van der Waals surface area (Å²) in [4.78, 5) is 2.70. The van der Waals surface area contributed by atoms with Crippen LogP contribution in [0.4, 0.5) is 0 Å². The minimum Gasteiger partial charge on any atom is -0.311 e. The molecular formula is C17H32N4. The third-order valence-electron chi connectivity index (χ3n) is 5.35. The maximum absolute atomic E-state index is 4.50. The molecular weight excluding hydrogens is 260 g/mol. The smallest absolute Gasteiger partial charge is 0.0597 e. The van der Waals surface area contributed by atoms with Crippen molar-refractivity contribution in [2.75, 3.05) is 13.1 Å². The summed E-state index contributed by atoms with van der Waals surface area (Å²) in [6.07, 6.45) is 2.39. The van der Waals surface area contributed by atoms with Crippen LogP contribution < -0.4 is 5.32 Å². The maximum Gasteiger partial charge on any atom is 0.0597 e. The van der Waals surface area contributed by atoms with Crippen molar-refractivity contribution < 1.29 is 0 Å². The van der Waals surface area contributed by atoms with Crippen LogP contribution in [-0.2, 0) is 13.6 Å². The van der Waals surface area contributed by atoms with Gasteiger partial charge in [-0.15, -0.1) is 0 Å². The third-order valence-corrected chi connectivity index (χ3v) is 5.35. The summed E-state index contributed by atoms with van der Waals surface area (Å²) in [6, 6.07) is 2.81. The van der Waals surface area contributed by atoms with E-state index in [1.165, 1.54) is 18.5 Å². The third kappa shape index (κ3) is 3.32. The van der Waals surface area contributed by atoms with Crippen molar-refractivity contribution in [1.29, 1.82) is 0 Å². The number of nitrogens with zero attached hydrogens (tertiary/aromatic N) is 3. The van der Waals surface area contributed by atoms with Gasteiger partial charge in [-0.25, -0.2) is 0 Å². The van der Waals surface area contributed by atoms with Gasteiger partial charge in [0.15, 0.2) is 0 Å². The summed E-state index contributed by atoms with van der Waals surface area (Å²) < 4.78 is 2.04. The lowest BCUT2D eigenvalue weighted by Crippen LogP contribution is -2.64. The first-order chi connectivity index (χ1) is 9.91. The van der Waals surface area contributed by atoms with Crippen molar-refractivity contribution in [3.8, 4) is 0 Å². The van der Waals surface area contributed by atoms with Gasteiger partial charge in [-0.1, -0.05) is 27.7 Å². The molecule has 0 bridgehead atoms. The van der Waals surface area contributed by atoms with Gasteiger partial charge in [-0.2, -0.15) is 5.10 Å². The number of piperazine rings is 1. The van der Waals surface area contributed by atoms with E-state index in [2.05, 4.69) is 63.0 Å². The first kappa shape index (κ1) is 16.5. The summed E-state index contributed by atoms with van der Waals surface area (Å²) in [5.74, 6) is 0.674. The highest BCUT2D eigenvalue weighted by atomic mass is 15.3. The molecule has 0 aromatic carbocycles. The molecule has 0 amide bonds.